The largest absolute Gasteiger partial charge is 0.293 e. The Kier molecular flexibility index (Phi) is 4.41. The molecule has 18 heavy (non-hydrogen) atoms. The van der Waals surface area contributed by atoms with Crippen LogP contribution in [0.2, 0.25) is 5.02 Å². The summed E-state index contributed by atoms with van der Waals surface area (Å²) >= 11 is 6.06. The molecule has 0 aliphatic heterocycles. The second-order valence-electron chi connectivity index (χ2n) is 5.46. The molecule has 1 aliphatic carbocycles. The van der Waals surface area contributed by atoms with Crippen LogP contribution in [0.4, 0.5) is 0 Å². The molecule has 0 unspecified atom stereocenters. The van der Waals surface area contributed by atoms with Gasteiger partial charge in [0, 0.05) is 18.2 Å². The van der Waals surface area contributed by atoms with Crippen molar-refractivity contribution in [3.8, 4) is 0 Å². The van der Waals surface area contributed by atoms with Crippen molar-refractivity contribution in [3.05, 3.63) is 34.9 Å². The average molecular weight is 266 g/mol. The van der Waals surface area contributed by atoms with Gasteiger partial charge in [0.2, 0.25) is 0 Å². The summed E-state index contributed by atoms with van der Waals surface area (Å²) < 4.78 is 0. The lowest BCUT2D eigenvalue weighted by molar-refractivity contribution is 0.0915. The zero-order chi connectivity index (χ0) is 13.1. The Hall–Kier alpha value is -0.860. The van der Waals surface area contributed by atoms with Gasteiger partial charge >= 0.3 is 0 Å². The van der Waals surface area contributed by atoms with Crippen molar-refractivity contribution < 1.29 is 4.79 Å². The number of Topliss-reactive ketones (excluding diaryl/α,β-unsaturated/α-hetero) is 1. The molecular weight excluding hydrogens is 246 g/mol. The van der Waals surface area contributed by atoms with Crippen LogP contribution in [0, 0.1) is 5.92 Å². The van der Waals surface area contributed by atoms with Crippen LogP contribution in [0.3, 0.4) is 0 Å². The van der Waals surface area contributed by atoms with E-state index in [-0.39, 0.29) is 5.78 Å². The summed E-state index contributed by atoms with van der Waals surface area (Å²) in [5.41, 5.74) is 0.647. The number of ketones is 1. The molecule has 2 rings (SSSR count). The van der Waals surface area contributed by atoms with Crippen LogP contribution >= 0.6 is 11.6 Å². The van der Waals surface area contributed by atoms with E-state index in [0.29, 0.717) is 29.1 Å². The van der Waals surface area contributed by atoms with Gasteiger partial charge in [-0.15, -0.1) is 0 Å². The predicted octanol–water partition coefficient (Wildman–Crippen LogP) is 3.64. The second-order valence-corrected chi connectivity index (χ2v) is 5.86. The minimum Gasteiger partial charge on any atom is -0.293 e. The third kappa shape index (κ3) is 3.56. The number of nitrogens with zero attached hydrogens (tertiary/aromatic N) is 1. The fourth-order valence-electron chi connectivity index (χ4n) is 2.21. The van der Waals surface area contributed by atoms with Gasteiger partial charge in [0.1, 0.15) is 0 Å². The Morgan fingerprint density at radius 2 is 2.06 bits per heavy atom. The van der Waals surface area contributed by atoms with E-state index in [2.05, 4.69) is 18.7 Å². The number of halogens is 1. The quantitative estimate of drug-likeness (QED) is 0.732. The van der Waals surface area contributed by atoms with Crippen LogP contribution in [0.1, 0.15) is 37.0 Å². The van der Waals surface area contributed by atoms with Crippen molar-refractivity contribution >= 4 is 17.4 Å². The average Bonchev–Trinajstić information content (AvgIpc) is 3.11. The Bertz CT molecular complexity index is 426. The molecule has 0 N–H and O–H groups in total. The maximum Gasteiger partial charge on any atom is 0.178 e. The molecular formula is C15H20ClNO. The first kappa shape index (κ1) is 13.6. The van der Waals surface area contributed by atoms with Crippen LogP contribution in [0.5, 0.6) is 0 Å². The predicted molar refractivity (Wildman–Crippen MR) is 75.2 cm³/mol. The molecule has 2 nitrogen and oxygen atoms in total. The Morgan fingerprint density at radius 1 is 1.39 bits per heavy atom. The first-order valence-electron chi connectivity index (χ1n) is 6.59. The van der Waals surface area contributed by atoms with Gasteiger partial charge in [-0.1, -0.05) is 37.6 Å². The molecule has 0 amide bonds. The van der Waals surface area contributed by atoms with Crippen molar-refractivity contribution in [2.24, 2.45) is 5.92 Å². The van der Waals surface area contributed by atoms with Crippen molar-refractivity contribution in [2.45, 2.75) is 32.7 Å². The zero-order valence-electron chi connectivity index (χ0n) is 11.0. The number of rotatable bonds is 6. The summed E-state index contributed by atoms with van der Waals surface area (Å²) in [6.45, 7) is 5.86. The lowest BCUT2D eigenvalue weighted by atomic mass is 10.1. The zero-order valence-corrected chi connectivity index (χ0v) is 11.8. The molecule has 1 saturated carbocycles. The van der Waals surface area contributed by atoms with E-state index in [1.54, 1.807) is 6.07 Å². The lowest BCUT2D eigenvalue weighted by Gasteiger charge is -2.23. The first-order chi connectivity index (χ1) is 8.58. The van der Waals surface area contributed by atoms with Crippen molar-refractivity contribution in [1.82, 2.24) is 4.90 Å². The first-order valence-corrected chi connectivity index (χ1v) is 6.97. The molecule has 0 bridgehead atoms. The van der Waals surface area contributed by atoms with Crippen molar-refractivity contribution in [2.75, 3.05) is 13.1 Å². The number of carbonyl (C=O) groups is 1. The van der Waals surface area contributed by atoms with E-state index in [1.165, 1.54) is 12.8 Å². The molecule has 1 aliphatic rings. The monoisotopic (exact) mass is 265 g/mol. The van der Waals surface area contributed by atoms with Gasteiger partial charge < -0.3 is 0 Å². The maximum absolute atomic E-state index is 12.3. The fraction of sp³-hybridized carbons (Fsp3) is 0.533. The molecule has 0 radical (unpaired) electrons. The molecule has 3 heteroatoms. The highest BCUT2D eigenvalue weighted by Gasteiger charge is 2.30. The van der Waals surface area contributed by atoms with E-state index < -0.39 is 0 Å². The smallest absolute Gasteiger partial charge is 0.178 e. The van der Waals surface area contributed by atoms with E-state index in [0.717, 1.165) is 6.54 Å². The normalized spacial score (nSPS) is 15.4. The SMILES string of the molecule is CC(C)CN(CC(=O)c1ccccc1Cl)C1CC1. The second kappa shape index (κ2) is 5.85. The topological polar surface area (TPSA) is 20.3 Å². The van der Waals surface area contributed by atoms with Crippen LogP contribution < -0.4 is 0 Å². The van der Waals surface area contributed by atoms with E-state index in [9.17, 15) is 4.79 Å². The molecule has 98 valence electrons. The Balaban J connectivity index is 2.03. The lowest BCUT2D eigenvalue weighted by Crippen LogP contribution is -2.35. The highest BCUT2D eigenvalue weighted by molar-refractivity contribution is 6.34. The number of hydrogen-bond acceptors (Lipinski definition) is 2. The third-order valence-corrected chi connectivity index (χ3v) is 3.51. The van der Waals surface area contributed by atoms with Crippen LogP contribution in [-0.4, -0.2) is 29.8 Å². The van der Waals surface area contributed by atoms with Gasteiger partial charge in [0.25, 0.3) is 0 Å². The van der Waals surface area contributed by atoms with Gasteiger partial charge in [0.05, 0.1) is 11.6 Å². The van der Waals surface area contributed by atoms with Gasteiger partial charge in [-0.2, -0.15) is 0 Å². The number of benzene rings is 1. The Labute approximate surface area is 114 Å². The molecule has 0 aromatic heterocycles. The van der Waals surface area contributed by atoms with Crippen molar-refractivity contribution in [3.63, 3.8) is 0 Å². The van der Waals surface area contributed by atoms with E-state index in [4.69, 9.17) is 11.6 Å². The maximum atomic E-state index is 12.3. The highest BCUT2D eigenvalue weighted by Crippen LogP contribution is 2.28. The van der Waals surface area contributed by atoms with Gasteiger partial charge in [-0.25, -0.2) is 0 Å². The third-order valence-electron chi connectivity index (χ3n) is 3.18. The summed E-state index contributed by atoms with van der Waals surface area (Å²) in [6.07, 6.45) is 2.45. The fourth-order valence-corrected chi connectivity index (χ4v) is 2.45. The molecule has 0 atom stereocenters. The Morgan fingerprint density at radius 3 is 2.61 bits per heavy atom. The number of hydrogen-bond donors (Lipinski definition) is 0. The molecule has 0 heterocycles. The minimum absolute atomic E-state index is 0.133. The molecule has 1 aromatic rings. The van der Waals surface area contributed by atoms with E-state index >= 15 is 0 Å². The summed E-state index contributed by atoms with van der Waals surface area (Å²) in [6, 6.07) is 7.91. The molecule has 1 aromatic carbocycles. The van der Waals surface area contributed by atoms with Crippen LogP contribution in [-0.2, 0) is 0 Å². The minimum atomic E-state index is 0.133. The van der Waals surface area contributed by atoms with Crippen molar-refractivity contribution in [1.29, 1.82) is 0 Å². The highest BCUT2D eigenvalue weighted by atomic mass is 35.5. The summed E-state index contributed by atoms with van der Waals surface area (Å²) in [5, 5.41) is 0.558. The summed E-state index contributed by atoms with van der Waals surface area (Å²) in [7, 11) is 0. The van der Waals surface area contributed by atoms with Crippen LogP contribution in [0.15, 0.2) is 24.3 Å². The van der Waals surface area contributed by atoms with Gasteiger partial charge in [-0.05, 0) is 30.9 Å². The van der Waals surface area contributed by atoms with Gasteiger partial charge in [0.15, 0.2) is 5.78 Å². The summed E-state index contributed by atoms with van der Waals surface area (Å²) in [4.78, 5) is 14.6. The van der Waals surface area contributed by atoms with E-state index in [1.807, 2.05) is 18.2 Å². The molecule has 0 spiro atoms. The molecule has 1 fully saturated rings. The summed E-state index contributed by atoms with van der Waals surface area (Å²) in [5.74, 6) is 0.720. The number of carbonyl (C=O) groups excluding carboxylic acids is 1. The van der Waals surface area contributed by atoms with Gasteiger partial charge in [-0.3, -0.25) is 9.69 Å². The van der Waals surface area contributed by atoms with Crippen LogP contribution in [0.25, 0.3) is 0 Å². The standard InChI is InChI=1S/C15H20ClNO/c1-11(2)9-17(12-7-8-12)10-15(18)13-5-3-4-6-14(13)16/h3-6,11-12H,7-10H2,1-2H3. The molecule has 0 saturated heterocycles.